The van der Waals surface area contributed by atoms with Gasteiger partial charge < -0.3 is 24.6 Å². The van der Waals surface area contributed by atoms with E-state index in [2.05, 4.69) is 23.3 Å². The van der Waals surface area contributed by atoms with E-state index in [0.717, 1.165) is 67.8 Å². The SMILES string of the molecule is COc1cc2c(cc1OC)CC(=O)N(CCCN(C)CCc1ccccc1NC(C)=O)CC2. The maximum absolute atomic E-state index is 12.8. The maximum Gasteiger partial charge on any atom is 0.227 e. The highest BCUT2D eigenvalue weighted by atomic mass is 16.5. The van der Waals surface area contributed by atoms with Crippen LogP contribution in [0.25, 0.3) is 0 Å². The minimum absolute atomic E-state index is 0.0584. The molecule has 0 fully saturated rings. The third-order valence-electron chi connectivity index (χ3n) is 6.11. The number of carbonyl (C=O) groups is 2. The number of para-hydroxylation sites is 1. The summed E-state index contributed by atoms with van der Waals surface area (Å²) in [5, 5.41) is 2.90. The number of fused-ring (bicyclic) bond motifs is 1. The molecular formula is C26H35N3O4. The molecule has 178 valence electrons. The maximum atomic E-state index is 12.8. The third kappa shape index (κ3) is 6.71. The van der Waals surface area contributed by atoms with Gasteiger partial charge in [-0.05, 0) is 67.7 Å². The van der Waals surface area contributed by atoms with E-state index in [4.69, 9.17) is 9.47 Å². The number of likely N-dealkylation sites (N-methyl/N-ethyl adjacent to an activating group) is 1. The summed E-state index contributed by atoms with van der Waals surface area (Å²) in [5.74, 6) is 1.47. The summed E-state index contributed by atoms with van der Waals surface area (Å²) < 4.78 is 10.8. The molecule has 0 saturated heterocycles. The Labute approximate surface area is 196 Å². The molecule has 0 unspecified atom stereocenters. The largest absolute Gasteiger partial charge is 0.493 e. The molecule has 1 aliphatic rings. The average molecular weight is 454 g/mol. The molecule has 7 heteroatoms. The van der Waals surface area contributed by atoms with Crippen LogP contribution in [0.2, 0.25) is 0 Å². The lowest BCUT2D eigenvalue weighted by Gasteiger charge is -2.23. The molecule has 0 saturated carbocycles. The van der Waals surface area contributed by atoms with Crippen LogP contribution in [-0.4, -0.2) is 69.1 Å². The number of benzene rings is 2. The van der Waals surface area contributed by atoms with Gasteiger partial charge in [-0.3, -0.25) is 9.59 Å². The van der Waals surface area contributed by atoms with Crippen molar-refractivity contribution in [2.24, 2.45) is 0 Å². The zero-order valence-corrected chi connectivity index (χ0v) is 20.1. The fourth-order valence-corrected chi connectivity index (χ4v) is 4.26. The third-order valence-corrected chi connectivity index (χ3v) is 6.11. The molecule has 2 aromatic rings. The minimum Gasteiger partial charge on any atom is -0.493 e. The van der Waals surface area contributed by atoms with Crippen molar-refractivity contribution >= 4 is 17.5 Å². The normalized spacial score (nSPS) is 13.5. The van der Waals surface area contributed by atoms with Crippen molar-refractivity contribution in [1.82, 2.24) is 9.80 Å². The van der Waals surface area contributed by atoms with Crippen molar-refractivity contribution in [3.8, 4) is 11.5 Å². The van der Waals surface area contributed by atoms with Crippen LogP contribution in [-0.2, 0) is 28.9 Å². The molecule has 0 radical (unpaired) electrons. The Bertz CT molecular complexity index is 976. The number of rotatable bonds is 10. The Morgan fingerprint density at radius 2 is 1.79 bits per heavy atom. The van der Waals surface area contributed by atoms with Crippen LogP contribution < -0.4 is 14.8 Å². The van der Waals surface area contributed by atoms with Gasteiger partial charge in [-0.1, -0.05) is 18.2 Å². The Hall–Kier alpha value is -3.06. The van der Waals surface area contributed by atoms with Crippen molar-refractivity contribution in [3.63, 3.8) is 0 Å². The van der Waals surface area contributed by atoms with Crippen molar-refractivity contribution in [3.05, 3.63) is 53.1 Å². The quantitative estimate of drug-likeness (QED) is 0.598. The highest BCUT2D eigenvalue weighted by molar-refractivity contribution is 5.89. The average Bonchev–Trinajstić information content (AvgIpc) is 2.95. The second-order valence-corrected chi connectivity index (χ2v) is 8.53. The predicted molar refractivity (Wildman–Crippen MR) is 130 cm³/mol. The van der Waals surface area contributed by atoms with Gasteiger partial charge in [0.1, 0.15) is 0 Å². The number of ether oxygens (including phenoxy) is 2. The van der Waals surface area contributed by atoms with Crippen molar-refractivity contribution < 1.29 is 19.1 Å². The van der Waals surface area contributed by atoms with E-state index >= 15 is 0 Å². The van der Waals surface area contributed by atoms with E-state index in [0.29, 0.717) is 17.9 Å². The van der Waals surface area contributed by atoms with Crippen LogP contribution in [0.15, 0.2) is 36.4 Å². The van der Waals surface area contributed by atoms with E-state index in [1.165, 1.54) is 6.92 Å². The van der Waals surface area contributed by atoms with Gasteiger partial charge in [0.05, 0.1) is 20.6 Å². The topological polar surface area (TPSA) is 71.1 Å². The monoisotopic (exact) mass is 453 g/mol. The van der Waals surface area contributed by atoms with E-state index in [9.17, 15) is 9.59 Å². The molecule has 1 heterocycles. The summed E-state index contributed by atoms with van der Waals surface area (Å²) in [4.78, 5) is 28.5. The second-order valence-electron chi connectivity index (χ2n) is 8.53. The second kappa shape index (κ2) is 11.7. The molecule has 7 nitrogen and oxygen atoms in total. The Morgan fingerprint density at radius 3 is 2.48 bits per heavy atom. The van der Waals surface area contributed by atoms with Crippen LogP contribution in [0, 0.1) is 0 Å². The Morgan fingerprint density at radius 1 is 1.09 bits per heavy atom. The highest BCUT2D eigenvalue weighted by Gasteiger charge is 2.22. The van der Waals surface area contributed by atoms with Gasteiger partial charge in [0.25, 0.3) is 0 Å². The molecule has 0 atom stereocenters. The summed E-state index contributed by atoms with van der Waals surface area (Å²) in [5.41, 5.74) is 4.18. The zero-order valence-electron chi connectivity index (χ0n) is 20.1. The molecule has 1 N–H and O–H groups in total. The van der Waals surface area contributed by atoms with Crippen LogP contribution in [0.1, 0.15) is 30.0 Å². The van der Waals surface area contributed by atoms with Gasteiger partial charge >= 0.3 is 0 Å². The number of methoxy groups -OCH3 is 2. The van der Waals surface area contributed by atoms with E-state index in [1.807, 2.05) is 35.2 Å². The lowest BCUT2D eigenvalue weighted by molar-refractivity contribution is -0.130. The first-order valence-electron chi connectivity index (χ1n) is 11.5. The number of amides is 2. The van der Waals surface area contributed by atoms with Gasteiger partial charge in [-0.25, -0.2) is 0 Å². The first-order chi connectivity index (χ1) is 15.9. The number of hydrogen-bond acceptors (Lipinski definition) is 5. The first-order valence-corrected chi connectivity index (χ1v) is 11.5. The summed E-state index contributed by atoms with van der Waals surface area (Å²) in [6.45, 7) is 4.78. The molecule has 0 bridgehead atoms. The van der Waals surface area contributed by atoms with Crippen molar-refractivity contribution in [2.45, 2.75) is 32.6 Å². The lowest BCUT2D eigenvalue weighted by atomic mass is 10.0. The minimum atomic E-state index is -0.0584. The van der Waals surface area contributed by atoms with Gasteiger partial charge in [-0.15, -0.1) is 0 Å². The van der Waals surface area contributed by atoms with Crippen molar-refractivity contribution in [2.75, 3.05) is 52.8 Å². The Balaban J connectivity index is 1.49. The summed E-state index contributed by atoms with van der Waals surface area (Å²) in [6, 6.07) is 11.8. The number of hydrogen-bond donors (Lipinski definition) is 1. The number of nitrogens with zero attached hydrogens (tertiary/aromatic N) is 2. The number of anilines is 1. The zero-order chi connectivity index (χ0) is 23.8. The predicted octanol–water partition coefficient (Wildman–Crippen LogP) is 3.15. The fraction of sp³-hybridized carbons (Fsp3) is 0.462. The molecule has 33 heavy (non-hydrogen) atoms. The molecule has 2 amide bonds. The van der Waals surface area contributed by atoms with Crippen molar-refractivity contribution in [1.29, 1.82) is 0 Å². The number of carbonyl (C=O) groups excluding carboxylic acids is 2. The van der Waals surface area contributed by atoms with Crippen LogP contribution in [0.3, 0.4) is 0 Å². The molecule has 0 aromatic heterocycles. The molecule has 1 aliphatic heterocycles. The van der Waals surface area contributed by atoms with Gasteiger partial charge in [-0.2, -0.15) is 0 Å². The van der Waals surface area contributed by atoms with E-state index in [-0.39, 0.29) is 11.8 Å². The van der Waals surface area contributed by atoms with Gasteiger partial charge in [0, 0.05) is 32.2 Å². The fourth-order valence-electron chi connectivity index (χ4n) is 4.26. The molecular weight excluding hydrogens is 418 g/mol. The lowest BCUT2D eigenvalue weighted by Crippen LogP contribution is -2.35. The summed E-state index contributed by atoms with van der Waals surface area (Å²) >= 11 is 0. The molecule has 3 rings (SSSR count). The van der Waals surface area contributed by atoms with E-state index < -0.39 is 0 Å². The summed E-state index contributed by atoms with van der Waals surface area (Å²) in [7, 11) is 5.34. The number of nitrogens with one attached hydrogen (secondary N) is 1. The Kier molecular flexibility index (Phi) is 8.72. The van der Waals surface area contributed by atoms with Gasteiger partial charge in [0.15, 0.2) is 11.5 Å². The van der Waals surface area contributed by atoms with Gasteiger partial charge in [0.2, 0.25) is 11.8 Å². The van der Waals surface area contributed by atoms with Crippen LogP contribution in [0.4, 0.5) is 5.69 Å². The first kappa shape index (κ1) is 24.6. The molecule has 2 aromatic carbocycles. The van der Waals surface area contributed by atoms with Crippen LogP contribution >= 0.6 is 0 Å². The highest BCUT2D eigenvalue weighted by Crippen LogP contribution is 2.32. The standard InChI is InChI=1S/C26H35N3O4/c1-19(30)27-23-9-6-5-8-20(23)10-14-28(2)12-7-13-29-15-11-21-16-24(32-3)25(33-4)17-22(21)18-26(29)31/h5-6,8-9,16-17H,7,10-15,18H2,1-4H3,(H,27,30). The van der Waals surface area contributed by atoms with E-state index in [1.54, 1.807) is 14.2 Å². The molecule has 0 spiro atoms. The smallest absolute Gasteiger partial charge is 0.227 e. The molecule has 0 aliphatic carbocycles. The van der Waals surface area contributed by atoms with Crippen LogP contribution in [0.5, 0.6) is 11.5 Å². The summed E-state index contributed by atoms with van der Waals surface area (Å²) in [6.07, 6.45) is 2.98.